The van der Waals surface area contributed by atoms with Crippen LogP contribution in [0.5, 0.6) is 0 Å². The highest BCUT2D eigenvalue weighted by atomic mass is 32.2. The first-order valence-electron chi connectivity index (χ1n) is 9.40. The topological polar surface area (TPSA) is 105 Å². The van der Waals surface area contributed by atoms with Gasteiger partial charge in [-0.15, -0.1) is 0 Å². The fourth-order valence-corrected chi connectivity index (χ4v) is 5.42. The van der Waals surface area contributed by atoms with Crippen molar-refractivity contribution >= 4 is 15.9 Å². The Morgan fingerprint density at radius 2 is 2.07 bits per heavy atom. The van der Waals surface area contributed by atoms with E-state index in [2.05, 4.69) is 15.5 Å². The second-order valence-electron chi connectivity index (χ2n) is 7.26. The maximum absolute atomic E-state index is 12.9. The van der Waals surface area contributed by atoms with E-state index in [0.717, 1.165) is 5.56 Å². The van der Waals surface area contributed by atoms with Crippen molar-refractivity contribution < 1.29 is 17.7 Å². The van der Waals surface area contributed by atoms with Crippen molar-refractivity contribution in [1.82, 2.24) is 19.8 Å². The molecule has 1 amide bonds. The first-order valence-corrected chi connectivity index (χ1v) is 10.8. The van der Waals surface area contributed by atoms with Gasteiger partial charge in [-0.05, 0) is 44.2 Å². The number of nitrogens with zero attached hydrogens (tertiary/aromatic N) is 3. The van der Waals surface area contributed by atoms with Crippen LogP contribution in [0.15, 0.2) is 33.9 Å². The number of sulfonamides is 1. The number of carbonyl (C=O) groups is 1. The molecule has 2 aromatic rings. The molecule has 0 bridgehead atoms. The van der Waals surface area contributed by atoms with E-state index in [1.165, 1.54) is 4.31 Å². The van der Waals surface area contributed by atoms with Crippen molar-refractivity contribution in [3.63, 3.8) is 0 Å². The molecule has 0 aliphatic carbocycles. The smallest absolute Gasteiger partial charge is 0.248 e. The third-order valence-electron chi connectivity index (χ3n) is 5.37. The SMILES string of the molecule is Cc1noc(C)c1S(=O)(=O)N1CCC(C(C)C(=O)NCc2cccnc2)CC1. The van der Waals surface area contributed by atoms with Gasteiger partial charge < -0.3 is 9.84 Å². The molecule has 3 rings (SSSR count). The molecule has 28 heavy (non-hydrogen) atoms. The number of amides is 1. The molecule has 0 saturated carbocycles. The summed E-state index contributed by atoms with van der Waals surface area (Å²) in [6.45, 7) is 6.35. The minimum Gasteiger partial charge on any atom is -0.360 e. The summed E-state index contributed by atoms with van der Waals surface area (Å²) >= 11 is 0. The maximum atomic E-state index is 12.9. The van der Waals surface area contributed by atoms with Crippen LogP contribution in [0.4, 0.5) is 0 Å². The third-order valence-corrected chi connectivity index (χ3v) is 7.52. The molecule has 1 aliphatic heterocycles. The summed E-state index contributed by atoms with van der Waals surface area (Å²) in [5.41, 5.74) is 1.33. The molecule has 0 aromatic carbocycles. The molecule has 2 aromatic heterocycles. The monoisotopic (exact) mass is 406 g/mol. The van der Waals surface area contributed by atoms with Gasteiger partial charge in [-0.1, -0.05) is 18.1 Å². The van der Waals surface area contributed by atoms with Crippen LogP contribution in [0, 0.1) is 25.7 Å². The number of hydrogen-bond donors (Lipinski definition) is 1. The van der Waals surface area contributed by atoms with E-state index in [4.69, 9.17) is 4.52 Å². The van der Waals surface area contributed by atoms with E-state index in [9.17, 15) is 13.2 Å². The fraction of sp³-hybridized carbons (Fsp3) is 0.526. The number of hydrogen-bond acceptors (Lipinski definition) is 6. The Balaban J connectivity index is 1.56. The first kappa shape index (κ1) is 20.5. The number of carbonyl (C=O) groups excluding carboxylic acids is 1. The zero-order valence-corrected chi connectivity index (χ0v) is 17.2. The minimum atomic E-state index is -3.63. The molecule has 9 heteroatoms. The van der Waals surface area contributed by atoms with Crippen LogP contribution in [0.25, 0.3) is 0 Å². The number of piperidine rings is 1. The van der Waals surface area contributed by atoms with E-state index < -0.39 is 10.0 Å². The molecule has 1 atom stereocenters. The molecular formula is C19H26N4O4S. The zero-order chi connectivity index (χ0) is 20.3. The molecule has 0 spiro atoms. The van der Waals surface area contributed by atoms with E-state index in [1.807, 2.05) is 19.1 Å². The van der Waals surface area contributed by atoms with Gasteiger partial charge in [0.2, 0.25) is 15.9 Å². The summed E-state index contributed by atoms with van der Waals surface area (Å²) < 4.78 is 32.3. The predicted octanol–water partition coefficient (Wildman–Crippen LogP) is 2.04. The fourth-order valence-electron chi connectivity index (χ4n) is 3.66. The predicted molar refractivity (Wildman–Crippen MR) is 103 cm³/mol. The van der Waals surface area contributed by atoms with Crippen LogP contribution in [0.1, 0.15) is 36.8 Å². The summed E-state index contributed by atoms with van der Waals surface area (Å²) in [4.78, 5) is 16.7. The molecule has 1 saturated heterocycles. The second kappa shape index (κ2) is 8.40. The Kier molecular flexibility index (Phi) is 6.14. The van der Waals surface area contributed by atoms with Crippen LogP contribution in [-0.4, -0.2) is 41.9 Å². The molecule has 1 fully saturated rings. The molecular weight excluding hydrogens is 380 g/mol. The number of aromatic nitrogens is 2. The average molecular weight is 407 g/mol. The van der Waals surface area contributed by atoms with Crippen molar-refractivity contribution in [2.24, 2.45) is 11.8 Å². The lowest BCUT2D eigenvalue weighted by atomic mass is 9.85. The Morgan fingerprint density at radius 1 is 1.36 bits per heavy atom. The first-order chi connectivity index (χ1) is 13.3. The van der Waals surface area contributed by atoms with Gasteiger partial charge in [0.15, 0.2) is 5.76 Å². The van der Waals surface area contributed by atoms with Crippen LogP contribution in [0.3, 0.4) is 0 Å². The Labute approximate surface area is 165 Å². The Hall–Kier alpha value is -2.26. The van der Waals surface area contributed by atoms with Gasteiger partial charge in [0.1, 0.15) is 10.6 Å². The lowest BCUT2D eigenvalue weighted by Gasteiger charge is -2.33. The summed E-state index contributed by atoms with van der Waals surface area (Å²) in [6.07, 6.45) is 4.70. The van der Waals surface area contributed by atoms with Gasteiger partial charge in [0.05, 0.1) is 0 Å². The minimum absolute atomic E-state index is 0.0177. The van der Waals surface area contributed by atoms with Crippen molar-refractivity contribution in [3.05, 3.63) is 41.5 Å². The van der Waals surface area contributed by atoms with Crippen LogP contribution in [0.2, 0.25) is 0 Å². The third kappa shape index (κ3) is 4.25. The second-order valence-corrected chi connectivity index (χ2v) is 9.14. The highest BCUT2D eigenvalue weighted by Crippen LogP contribution is 2.30. The average Bonchev–Trinajstić information content (AvgIpc) is 3.05. The van der Waals surface area contributed by atoms with Crippen molar-refractivity contribution in [2.75, 3.05) is 13.1 Å². The standard InChI is InChI=1S/C19H26N4O4S/c1-13(19(24)21-12-16-5-4-8-20-11-16)17-6-9-23(10-7-17)28(25,26)18-14(2)22-27-15(18)3/h4-5,8,11,13,17H,6-7,9-10,12H2,1-3H3,(H,21,24). The maximum Gasteiger partial charge on any atom is 0.248 e. The highest BCUT2D eigenvalue weighted by Gasteiger charge is 2.36. The van der Waals surface area contributed by atoms with Gasteiger partial charge in [-0.2, -0.15) is 4.31 Å². The number of pyridine rings is 1. The highest BCUT2D eigenvalue weighted by molar-refractivity contribution is 7.89. The summed E-state index contributed by atoms with van der Waals surface area (Å²) in [5.74, 6) is 0.254. The molecule has 1 N–H and O–H groups in total. The normalized spacial score (nSPS) is 17.4. The van der Waals surface area contributed by atoms with Crippen molar-refractivity contribution in [1.29, 1.82) is 0 Å². The lowest BCUT2D eigenvalue weighted by molar-refractivity contribution is -0.126. The van der Waals surface area contributed by atoms with Gasteiger partial charge >= 0.3 is 0 Å². The van der Waals surface area contributed by atoms with Gasteiger partial charge in [0, 0.05) is 37.9 Å². The molecule has 8 nitrogen and oxygen atoms in total. The van der Waals surface area contributed by atoms with Crippen molar-refractivity contribution in [2.45, 2.75) is 45.1 Å². The lowest BCUT2D eigenvalue weighted by Crippen LogP contribution is -2.42. The number of aryl methyl sites for hydroxylation is 2. The van der Waals surface area contributed by atoms with E-state index >= 15 is 0 Å². The quantitative estimate of drug-likeness (QED) is 0.787. The molecule has 1 unspecified atom stereocenters. The largest absolute Gasteiger partial charge is 0.360 e. The van der Waals surface area contributed by atoms with Gasteiger partial charge in [-0.3, -0.25) is 9.78 Å². The Bertz CT molecular complexity index is 899. The van der Waals surface area contributed by atoms with E-state index in [0.29, 0.717) is 43.9 Å². The molecule has 0 radical (unpaired) electrons. The number of rotatable bonds is 6. The molecule has 152 valence electrons. The zero-order valence-electron chi connectivity index (χ0n) is 16.4. The number of nitrogens with one attached hydrogen (secondary N) is 1. The summed E-state index contributed by atoms with van der Waals surface area (Å²) in [5, 5.41) is 6.69. The summed E-state index contributed by atoms with van der Waals surface area (Å²) in [6, 6.07) is 3.75. The molecule has 3 heterocycles. The Morgan fingerprint density at radius 3 is 2.64 bits per heavy atom. The summed E-state index contributed by atoms with van der Waals surface area (Å²) in [7, 11) is -3.63. The van der Waals surface area contributed by atoms with Gasteiger partial charge in [-0.25, -0.2) is 8.42 Å². The van der Waals surface area contributed by atoms with Gasteiger partial charge in [0.25, 0.3) is 0 Å². The van der Waals surface area contributed by atoms with Crippen LogP contribution >= 0.6 is 0 Å². The molecule has 1 aliphatic rings. The van der Waals surface area contributed by atoms with E-state index in [-0.39, 0.29) is 22.6 Å². The van der Waals surface area contributed by atoms with Crippen LogP contribution in [-0.2, 0) is 21.4 Å². The van der Waals surface area contributed by atoms with E-state index in [1.54, 1.807) is 26.2 Å². The van der Waals surface area contributed by atoms with Crippen molar-refractivity contribution in [3.8, 4) is 0 Å². The van der Waals surface area contributed by atoms with Crippen LogP contribution < -0.4 is 5.32 Å².